The van der Waals surface area contributed by atoms with Crippen molar-refractivity contribution in [3.8, 4) is 0 Å². The number of aliphatic carboxylic acids is 1. The van der Waals surface area contributed by atoms with Crippen molar-refractivity contribution in [2.45, 2.75) is 116 Å². The number of rotatable bonds is 18. The number of fused-ring (bicyclic) bond motifs is 1. The molecule has 54 heavy (non-hydrogen) atoms. The van der Waals surface area contributed by atoms with Crippen LogP contribution < -0.4 is 16.0 Å². The summed E-state index contributed by atoms with van der Waals surface area (Å²) in [6, 6.07) is 15.6. The molecule has 0 aromatic heterocycles. The Morgan fingerprint density at radius 2 is 1.56 bits per heavy atom. The van der Waals surface area contributed by atoms with Crippen molar-refractivity contribution >= 4 is 35.6 Å². The molecule has 1 saturated carbocycles. The summed E-state index contributed by atoms with van der Waals surface area (Å²) in [5, 5.41) is 18.1. The normalized spacial score (nSPS) is 19.9. The Morgan fingerprint density at radius 3 is 2.19 bits per heavy atom. The molecule has 0 bridgehead atoms. The summed E-state index contributed by atoms with van der Waals surface area (Å²) in [5.41, 5.74) is 1.76. The Labute approximate surface area is 318 Å². The lowest BCUT2D eigenvalue weighted by molar-refractivity contribution is -0.144. The van der Waals surface area contributed by atoms with Gasteiger partial charge in [-0.3, -0.25) is 19.2 Å². The lowest BCUT2D eigenvalue weighted by atomic mass is 9.84. The number of likely N-dealkylation sites (N-methyl/N-ethyl adjacent to an activating group) is 1. The number of likely N-dealkylation sites (tertiary alicyclic amines) is 1. The first-order valence-electron chi connectivity index (χ1n) is 19.3. The second-order valence-electron chi connectivity index (χ2n) is 14.7. The van der Waals surface area contributed by atoms with Crippen molar-refractivity contribution in [1.82, 2.24) is 20.9 Å². The van der Waals surface area contributed by atoms with Crippen LogP contribution >= 0.6 is 0 Å². The Bertz CT molecular complexity index is 1630. The van der Waals surface area contributed by atoms with E-state index < -0.39 is 47.8 Å². The van der Waals surface area contributed by atoms with Gasteiger partial charge in [-0.05, 0) is 75.3 Å². The van der Waals surface area contributed by atoms with Crippen molar-refractivity contribution in [2.24, 2.45) is 17.8 Å². The SMILES string of the molecule is CCNC(=O)C1CC2CCCCC2N1C(=O)C(C)NC(=O)[C@H](CCC=C(C(=O)O)C(C)C)CC(=O)[C@H](Cc1ccccc1)NC(=O)OCc1ccccc1. The molecule has 4 rings (SSSR count). The van der Waals surface area contributed by atoms with Crippen LogP contribution in [0.2, 0.25) is 0 Å². The lowest BCUT2D eigenvalue weighted by Gasteiger charge is -2.35. The van der Waals surface area contributed by atoms with E-state index in [4.69, 9.17) is 4.74 Å². The van der Waals surface area contributed by atoms with E-state index >= 15 is 0 Å². The van der Waals surface area contributed by atoms with Gasteiger partial charge < -0.3 is 30.7 Å². The van der Waals surface area contributed by atoms with E-state index in [0.29, 0.717) is 13.0 Å². The highest BCUT2D eigenvalue weighted by molar-refractivity contribution is 5.95. The molecule has 1 aliphatic heterocycles. The van der Waals surface area contributed by atoms with E-state index in [0.717, 1.165) is 36.8 Å². The number of carbonyl (C=O) groups is 6. The quantitative estimate of drug-likeness (QED) is 0.148. The first kappa shape index (κ1) is 41.8. The number of allylic oxidation sites excluding steroid dienone is 1. The van der Waals surface area contributed by atoms with Crippen LogP contribution in [0.15, 0.2) is 72.3 Å². The van der Waals surface area contributed by atoms with Gasteiger partial charge in [0.1, 0.15) is 18.7 Å². The number of ether oxygens (including phenoxy) is 1. The van der Waals surface area contributed by atoms with Gasteiger partial charge in [0.05, 0.1) is 6.04 Å². The third kappa shape index (κ3) is 11.8. The van der Waals surface area contributed by atoms with Crippen molar-refractivity contribution in [3.05, 3.63) is 83.4 Å². The molecular formula is C42H56N4O8. The fourth-order valence-corrected chi connectivity index (χ4v) is 7.64. The molecule has 4 amide bonds. The van der Waals surface area contributed by atoms with Crippen LogP contribution in [-0.2, 0) is 41.7 Å². The number of carboxylic acids is 1. The van der Waals surface area contributed by atoms with Crippen molar-refractivity contribution in [3.63, 3.8) is 0 Å². The molecule has 12 heteroatoms. The van der Waals surface area contributed by atoms with E-state index in [1.165, 1.54) is 0 Å². The highest BCUT2D eigenvalue weighted by Gasteiger charge is 2.48. The van der Waals surface area contributed by atoms with Crippen molar-refractivity contribution < 1.29 is 38.6 Å². The fourth-order valence-electron chi connectivity index (χ4n) is 7.64. The number of hydrogen-bond acceptors (Lipinski definition) is 7. The highest BCUT2D eigenvalue weighted by atomic mass is 16.5. The zero-order chi connectivity index (χ0) is 39.2. The zero-order valence-corrected chi connectivity index (χ0v) is 31.9. The van der Waals surface area contributed by atoms with Gasteiger partial charge in [0.15, 0.2) is 5.78 Å². The van der Waals surface area contributed by atoms with Crippen LogP contribution in [0.25, 0.3) is 0 Å². The number of nitrogens with one attached hydrogen (secondary N) is 3. The molecule has 0 radical (unpaired) electrons. The molecule has 2 aliphatic rings. The monoisotopic (exact) mass is 744 g/mol. The van der Waals surface area contributed by atoms with Gasteiger partial charge >= 0.3 is 12.1 Å². The van der Waals surface area contributed by atoms with E-state index in [1.807, 2.05) is 67.6 Å². The van der Waals surface area contributed by atoms with Gasteiger partial charge in [-0.1, -0.05) is 93.4 Å². The number of alkyl carbamates (subject to hydrolysis) is 1. The molecular weight excluding hydrogens is 688 g/mol. The fraction of sp³-hybridized carbons (Fsp3) is 0.524. The summed E-state index contributed by atoms with van der Waals surface area (Å²) >= 11 is 0. The maximum absolute atomic E-state index is 14.1. The van der Waals surface area contributed by atoms with Crippen LogP contribution in [0.5, 0.6) is 0 Å². The number of nitrogens with zero attached hydrogens (tertiary/aromatic N) is 1. The minimum atomic E-state index is -1.06. The number of carbonyl (C=O) groups excluding carboxylic acids is 5. The highest BCUT2D eigenvalue weighted by Crippen LogP contribution is 2.40. The van der Waals surface area contributed by atoms with E-state index in [2.05, 4.69) is 16.0 Å². The first-order valence-corrected chi connectivity index (χ1v) is 19.3. The van der Waals surface area contributed by atoms with E-state index in [-0.39, 0.29) is 67.6 Å². The predicted molar refractivity (Wildman–Crippen MR) is 204 cm³/mol. The van der Waals surface area contributed by atoms with Crippen LogP contribution in [-0.4, -0.2) is 76.3 Å². The van der Waals surface area contributed by atoms with Gasteiger partial charge in [0.2, 0.25) is 17.7 Å². The van der Waals surface area contributed by atoms with Crippen LogP contribution in [0.4, 0.5) is 4.79 Å². The smallest absolute Gasteiger partial charge is 0.408 e. The van der Waals surface area contributed by atoms with E-state index in [9.17, 15) is 33.9 Å². The second kappa shape index (κ2) is 20.5. The molecule has 12 nitrogen and oxygen atoms in total. The topological polar surface area (TPSA) is 171 Å². The molecule has 4 unspecified atom stereocenters. The summed E-state index contributed by atoms with van der Waals surface area (Å²) in [6.07, 6.45) is 5.28. The summed E-state index contributed by atoms with van der Waals surface area (Å²) in [7, 11) is 0. The Hall–Kier alpha value is -5.00. The molecule has 2 fully saturated rings. The zero-order valence-electron chi connectivity index (χ0n) is 31.9. The number of Topliss-reactive ketones (excluding diaryl/α,β-unsaturated/α-hetero) is 1. The van der Waals surface area contributed by atoms with Crippen molar-refractivity contribution in [2.75, 3.05) is 6.54 Å². The Morgan fingerprint density at radius 1 is 0.907 bits per heavy atom. The number of ketones is 1. The molecule has 2 aromatic carbocycles. The molecule has 1 heterocycles. The van der Waals surface area contributed by atoms with E-state index in [1.54, 1.807) is 31.7 Å². The van der Waals surface area contributed by atoms with Gasteiger partial charge in [0, 0.05) is 30.5 Å². The van der Waals surface area contributed by atoms with Crippen LogP contribution in [0.1, 0.15) is 90.2 Å². The predicted octanol–water partition coefficient (Wildman–Crippen LogP) is 5.35. The molecule has 2 aromatic rings. The average Bonchev–Trinajstić information content (AvgIpc) is 3.55. The molecule has 292 valence electrons. The number of amides is 4. The molecule has 6 atom stereocenters. The standard InChI is InChI=1S/C42H56N4O8/c1-5-43-39(49)36-24-31-19-12-13-22-35(31)46(36)40(50)28(4)44-38(48)32(20-14-21-33(27(2)3)41(51)52)25-37(47)34(23-29-15-8-6-9-16-29)45-42(53)54-26-30-17-10-7-11-18-30/h6-11,15-18,21,27-28,31-32,34-36H,5,12-14,19-20,22-26H2,1-4H3,(H,43,49)(H,44,48)(H,45,53)(H,51,52)/t28?,31?,32-,34+,35?,36?/m1/s1. The van der Waals surface area contributed by atoms with Crippen LogP contribution in [0, 0.1) is 17.8 Å². The minimum absolute atomic E-state index is 0.00352. The van der Waals surface area contributed by atoms with Gasteiger partial charge in [-0.15, -0.1) is 0 Å². The van der Waals surface area contributed by atoms with Gasteiger partial charge in [-0.25, -0.2) is 9.59 Å². The number of hydrogen-bond donors (Lipinski definition) is 4. The average molecular weight is 745 g/mol. The maximum Gasteiger partial charge on any atom is 0.408 e. The van der Waals surface area contributed by atoms with Gasteiger partial charge in [0.25, 0.3) is 0 Å². The minimum Gasteiger partial charge on any atom is -0.478 e. The third-order valence-electron chi connectivity index (χ3n) is 10.5. The second-order valence-corrected chi connectivity index (χ2v) is 14.7. The number of benzene rings is 2. The van der Waals surface area contributed by atoms with Crippen molar-refractivity contribution in [1.29, 1.82) is 0 Å². The maximum atomic E-state index is 14.1. The lowest BCUT2D eigenvalue weighted by Crippen LogP contribution is -2.56. The molecule has 0 spiro atoms. The summed E-state index contributed by atoms with van der Waals surface area (Å²) in [6.45, 7) is 7.40. The summed E-state index contributed by atoms with van der Waals surface area (Å²) in [4.78, 5) is 81.8. The Kier molecular flexibility index (Phi) is 15.8. The summed E-state index contributed by atoms with van der Waals surface area (Å²) in [5.74, 6) is -3.57. The number of carboxylic acid groups (broad SMARTS) is 1. The molecule has 1 saturated heterocycles. The molecule has 1 aliphatic carbocycles. The third-order valence-corrected chi connectivity index (χ3v) is 10.5. The van der Waals surface area contributed by atoms with Crippen LogP contribution in [0.3, 0.4) is 0 Å². The molecule has 4 N–H and O–H groups in total. The van der Waals surface area contributed by atoms with Gasteiger partial charge in [-0.2, -0.15) is 0 Å². The Balaban J connectivity index is 1.54. The summed E-state index contributed by atoms with van der Waals surface area (Å²) < 4.78 is 5.43. The first-order chi connectivity index (χ1) is 25.9. The largest absolute Gasteiger partial charge is 0.478 e.